The molecule has 100 valence electrons. The Balaban J connectivity index is 2.33. The molecule has 1 aromatic carbocycles. The highest BCUT2D eigenvalue weighted by molar-refractivity contribution is 7.11. The molecule has 0 aliphatic carbocycles. The van der Waals surface area contributed by atoms with Crippen molar-refractivity contribution in [1.29, 1.82) is 0 Å². The Kier molecular flexibility index (Phi) is 3.44. The molecule has 0 spiro atoms. The number of rotatable bonds is 2. The normalized spacial score (nSPS) is 10.5. The Labute approximate surface area is 114 Å². The lowest BCUT2D eigenvalue weighted by molar-refractivity contribution is 0.102. The van der Waals surface area contributed by atoms with Crippen LogP contribution < -0.4 is 10.2 Å². The van der Waals surface area contributed by atoms with Crippen molar-refractivity contribution in [2.45, 2.75) is 13.8 Å². The quantitative estimate of drug-likeness (QED) is 0.826. The number of nitrogens with zero attached hydrogens (tertiary/aromatic N) is 1. The van der Waals surface area contributed by atoms with Crippen LogP contribution in [-0.4, -0.2) is 15.6 Å². The van der Waals surface area contributed by atoms with Crippen LogP contribution in [0, 0.1) is 13.8 Å². The van der Waals surface area contributed by atoms with E-state index < -0.39 is 0 Å². The summed E-state index contributed by atoms with van der Waals surface area (Å²) in [5.74, 6) is -0.388. The lowest BCUT2D eigenvalue weighted by Gasteiger charge is -2.07. The van der Waals surface area contributed by atoms with Gasteiger partial charge in [-0.1, -0.05) is 17.4 Å². The zero-order valence-electron chi connectivity index (χ0n) is 10.9. The predicted octanol–water partition coefficient (Wildman–Crippen LogP) is 2.02. The fourth-order valence-corrected chi connectivity index (χ4v) is 2.54. The van der Waals surface area contributed by atoms with Crippen LogP contribution in [0.2, 0.25) is 0 Å². The van der Waals surface area contributed by atoms with E-state index in [4.69, 9.17) is 0 Å². The molecule has 0 aliphatic rings. The van der Waals surface area contributed by atoms with Crippen LogP contribution in [0.4, 0.5) is 5.69 Å². The zero-order chi connectivity index (χ0) is 14.2. The molecule has 0 unspecified atom stereocenters. The summed E-state index contributed by atoms with van der Waals surface area (Å²) in [5.41, 5.74) is 1.87. The van der Waals surface area contributed by atoms with E-state index in [2.05, 4.69) is 5.32 Å². The molecule has 0 atom stereocenters. The number of phenols is 1. The largest absolute Gasteiger partial charge is 0.506 e. The number of aromatic nitrogens is 1. The second-order valence-electron chi connectivity index (χ2n) is 4.32. The smallest absolute Gasteiger partial charge is 0.307 e. The first kappa shape index (κ1) is 13.4. The number of anilines is 1. The average Bonchev–Trinajstić information content (AvgIpc) is 2.62. The monoisotopic (exact) mass is 278 g/mol. The number of phenolic OH excluding ortho intramolecular Hbond substituents is 1. The Morgan fingerprint density at radius 2 is 2.05 bits per heavy atom. The summed E-state index contributed by atoms with van der Waals surface area (Å²) in [6.45, 7) is 3.57. The highest BCUT2D eigenvalue weighted by Crippen LogP contribution is 2.25. The first-order valence-corrected chi connectivity index (χ1v) is 6.49. The van der Waals surface area contributed by atoms with E-state index in [9.17, 15) is 14.7 Å². The van der Waals surface area contributed by atoms with E-state index in [0.29, 0.717) is 16.3 Å². The van der Waals surface area contributed by atoms with Crippen molar-refractivity contribution in [3.05, 3.63) is 44.0 Å². The highest BCUT2D eigenvalue weighted by atomic mass is 32.1. The SMILES string of the molecule is Cc1ccc(O)c(NC(=O)c2sc(=O)n(C)c2C)c1. The van der Waals surface area contributed by atoms with E-state index in [-0.39, 0.29) is 16.5 Å². The molecule has 5 nitrogen and oxygen atoms in total. The van der Waals surface area contributed by atoms with Gasteiger partial charge in [-0.2, -0.15) is 0 Å². The summed E-state index contributed by atoms with van der Waals surface area (Å²) in [7, 11) is 1.62. The Morgan fingerprint density at radius 3 is 2.63 bits per heavy atom. The maximum absolute atomic E-state index is 12.1. The third kappa shape index (κ3) is 2.53. The van der Waals surface area contributed by atoms with Crippen LogP contribution in [0.15, 0.2) is 23.0 Å². The zero-order valence-corrected chi connectivity index (χ0v) is 11.7. The number of aromatic hydroxyl groups is 1. The minimum absolute atomic E-state index is 0.000110. The van der Waals surface area contributed by atoms with Crippen molar-refractivity contribution in [3.63, 3.8) is 0 Å². The van der Waals surface area contributed by atoms with E-state index >= 15 is 0 Å². The molecule has 0 saturated heterocycles. The molecule has 1 amide bonds. The van der Waals surface area contributed by atoms with Crippen molar-refractivity contribution >= 4 is 22.9 Å². The van der Waals surface area contributed by atoms with Gasteiger partial charge in [-0.15, -0.1) is 0 Å². The van der Waals surface area contributed by atoms with Gasteiger partial charge < -0.3 is 15.0 Å². The fraction of sp³-hybridized carbons (Fsp3) is 0.231. The molecule has 19 heavy (non-hydrogen) atoms. The van der Waals surface area contributed by atoms with Crippen molar-refractivity contribution in [2.24, 2.45) is 7.05 Å². The maximum atomic E-state index is 12.1. The molecule has 0 fully saturated rings. The number of carbonyl (C=O) groups excluding carboxylic acids is 1. The van der Waals surface area contributed by atoms with Crippen LogP contribution in [-0.2, 0) is 7.05 Å². The minimum Gasteiger partial charge on any atom is -0.506 e. The van der Waals surface area contributed by atoms with E-state index in [1.54, 1.807) is 26.1 Å². The van der Waals surface area contributed by atoms with Crippen molar-refractivity contribution in [1.82, 2.24) is 4.57 Å². The minimum atomic E-state index is -0.388. The molecule has 2 N–H and O–H groups in total. The van der Waals surface area contributed by atoms with Gasteiger partial charge in [-0.3, -0.25) is 9.59 Å². The first-order chi connectivity index (χ1) is 8.90. The maximum Gasteiger partial charge on any atom is 0.307 e. The van der Waals surface area contributed by atoms with Gasteiger partial charge in [0.2, 0.25) is 0 Å². The molecule has 6 heteroatoms. The first-order valence-electron chi connectivity index (χ1n) is 5.67. The van der Waals surface area contributed by atoms with Crippen LogP contribution in [0.25, 0.3) is 0 Å². The number of hydrogen-bond acceptors (Lipinski definition) is 4. The van der Waals surface area contributed by atoms with Gasteiger partial charge in [-0.25, -0.2) is 0 Å². The molecule has 0 aliphatic heterocycles. The Hall–Kier alpha value is -2.08. The molecule has 1 heterocycles. The van der Waals surface area contributed by atoms with Crippen molar-refractivity contribution in [2.75, 3.05) is 5.32 Å². The van der Waals surface area contributed by atoms with Crippen LogP contribution in [0.5, 0.6) is 5.75 Å². The molecular weight excluding hydrogens is 264 g/mol. The van der Waals surface area contributed by atoms with Crippen LogP contribution in [0.1, 0.15) is 20.9 Å². The van der Waals surface area contributed by atoms with Gasteiger partial charge in [-0.05, 0) is 31.5 Å². The second-order valence-corrected chi connectivity index (χ2v) is 5.28. The predicted molar refractivity (Wildman–Crippen MR) is 75.1 cm³/mol. The Bertz CT molecular complexity index is 700. The highest BCUT2D eigenvalue weighted by Gasteiger charge is 2.17. The van der Waals surface area contributed by atoms with Crippen LogP contribution >= 0.6 is 11.3 Å². The summed E-state index contributed by atoms with van der Waals surface area (Å²) in [6, 6.07) is 4.94. The third-order valence-electron chi connectivity index (χ3n) is 2.90. The summed E-state index contributed by atoms with van der Waals surface area (Å²) in [5, 5.41) is 12.3. The number of benzene rings is 1. The summed E-state index contributed by atoms with van der Waals surface area (Å²) in [4.78, 5) is 23.8. The Morgan fingerprint density at radius 1 is 1.37 bits per heavy atom. The fourth-order valence-electron chi connectivity index (χ4n) is 1.66. The summed E-state index contributed by atoms with van der Waals surface area (Å²) in [6.07, 6.45) is 0. The van der Waals surface area contributed by atoms with Gasteiger partial charge in [0.15, 0.2) is 0 Å². The number of amides is 1. The summed E-state index contributed by atoms with van der Waals surface area (Å²) < 4.78 is 1.43. The molecule has 0 bridgehead atoms. The molecule has 2 rings (SSSR count). The van der Waals surface area contributed by atoms with E-state index in [1.165, 1.54) is 10.6 Å². The number of thiazole rings is 1. The number of aryl methyl sites for hydroxylation is 1. The van der Waals surface area contributed by atoms with Gasteiger partial charge >= 0.3 is 4.87 Å². The molecular formula is C13H14N2O3S. The van der Waals surface area contributed by atoms with Crippen molar-refractivity contribution < 1.29 is 9.90 Å². The van der Waals surface area contributed by atoms with E-state index in [0.717, 1.165) is 16.9 Å². The molecule has 0 saturated carbocycles. The molecule has 0 radical (unpaired) electrons. The molecule has 2 aromatic rings. The van der Waals surface area contributed by atoms with Crippen LogP contribution in [0.3, 0.4) is 0 Å². The van der Waals surface area contributed by atoms with Gasteiger partial charge in [0.05, 0.1) is 5.69 Å². The number of carbonyl (C=O) groups is 1. The van der Waals surface area contributed by atoms with Gasteiger partial charge in [0.25, 0.3) is 5.91 Å². The van der Waals surface area contributed by atoms with E-state index in [1.807, 2.05) is 6.92 Å². The number of nitrogens with one attached hydrogen (secondary N) is 1. The van der Waals surface area contributed by atoms with Gasteiger partial charge in [0, 0.05) is 12.7 Å². The number of hydrogen-bond donors (Lipinski definition) is 2. The van der Waals surface area contributed by atoms with Gasteiger partial charge in [0.1, 0.15) is 10.6 Å². The molecule has 1 aromatic heterocycles. The topological polar surface area (TPSA) is 71.3 Å². The third-order valence-corrected chi connectivity index (χ3v) is 4.03. The lowest BCUT2D eigenvalue weighted by atomic mass is 10.2. The van der Waals surface area contributed by atoms with Crippen molar-refractivity contribution in [3.8, 4) is 5.75 Å². The standard InChI is InChI=1S/C13H14N2O3S/c1-7-4-5-10(16)9(6-7)14-12(17)11-8(2)15(3)13(18)19-11/h4-6,16H,1-3H3,(H,14,17). The summed E-state index contributed by atoms with van der Waals surface area (Å²) >= 11 is 0.892. The average molecular weight is 278 g/mol. The lowest BCUT2D eigenvalue weighted by Crippen LogP contribution is -2.13. The second kappa shape index (κ2) is 4.89.